The molecule has 0 amide bonds. The molecule has 1 aliphatic rings. The van der Waals surface area contributed by atoms with Gasteiger partial charge in [-0.1, -0.05) is 0 Å². The highest BCUT2D eigenvalue weighted by molar-refractivity contribution is 7.17. The van der Waals surface area contributed by atoms with Gasteiger partial charge in [-0.25, -0.2) is 4.98 Å². The van der Waals surface area contributed by atoms with Gasteiger partial charge in [0.2, 0.25) is 0 Å². The molecule has 3 nitrogen and oxygen atoms in total. The third-order valence-electron chi connectivity index (χ3n) is 3.05. The first-order valence-electron chi connectivity index (χ1n) is 5.89. The number of rotatable bonds is 2. The Labute approximate surface area is 109 Å². The van der Waals surface area contributed by atoms with Crippen molar-refractivity contribution < 1.29 is 9.53 Å². The van der Waals surface area contributed by atoms with Crippen molar-refractivity contribution in [2.75, 3.05) is 6.61 Å². The van der Waals surface area contributed by atoms with Crippen LogP contribution < -0.4 is 4.74 Å². The molecule has 3 rings (SSSR count). The molecule has 92 valence electrons. The van der Waals surface area contributed by atoms with Gasteiger partial charge in [0.15, 0.2) is 5.78 Å². The number of carbonyl (C=O) groups is 1. The fourth-order valence-corrected chi connectivity index (χ4v) is 3.12. The summed E-state index contributed by atoms with van der Waals surface area (Å²) in [6.07, 6.45) is 0.951. The van der Waals surface area contributed by atoms with Gasteiger partial charge in [0.25, 0.3) is 0 Å². The van der Waals surface area contributed by atoms with E-state index < -0.39 is 0 Å². The lowest BCUT2D eigenvalue weighted by Crippen LogP contribution is -1.89. The Kier molecular flexibility index (Phi) is 2.67. The summed E-state index contributed by atoms with van der Waals surface area (Å²) in [6, 6.07) is 6.11. The zero-order chi connectivity index (χ0) is 12.7. The van der Waals surface area contributed by atoms with Gasteiger partial charge < -0.3 is 4.74 Å². The SMILES string of the molecule is CC(=O)c1sc(-c2ccc3c(c2)CCO3)nc1C. The lowest BCUT2D eigenvalue weighted by Gasteiger charge is -2.00. The van der Waals surface area contributed by atoms with Gasteiger partial charge in [-0.15, -0.1) is 11.3 Å². The molecule has 0 fully saturated rings. The average molecular weight is 259 g/mol. The van der Waals surface area contributed by atoms with Crippen LogP contribution in [0.2, 0.25) is 0 Å². The van der Waals surface area contributed by atoms with Crippen molar-refractivity contribution in [3.05, 3.63) is 34.3 Å². The summed E-state index contributed by atoms with van der Waals surface area (Å²) >= 11 is 1.46. The molecular weight excluding hydrogens is 246 g/mol. The maximum Gasteiger partial charge on any atom is 0.171 e. The number of aromatic nitrogens is 1. The summed E-state index contributed by atoms with van der Waals surface area (Å²) < 4.78 is 5.49. The first kappa shape index (κ1) is 11.4. The van der Waals surface area contributed by atoms with Crippen molar-refractivity contribution in [2.24, 2.45) is 0 Å². The summed E-state index contributed by atoms with van der Waals surface area (Å²) in [5.74, 6) is 1.06. The highest BCUT2D eigenvalue weighted by Crippen LogP contribution is 2.33. The number of hydrogen-bond donors (Lipinski definition) is 0. The van der Waals surface area contributed by atoms with Gasteiger partial charge in [0, 0.05) is 18.9 Å². The number of Topliss-reactive ketones (excluding diaryl/α,β-unsaturated/α-hetero) is 1. The molecule has 0 aliphatic carbocycles. The molecular formula is C14H13NO2S. The molecule has 0 unspecified atom stereocenters. The van der Waals surface area contributed by atoms with Gasteiger partial charge >= 0.3 is 0 Å². The van der Waals surface area contributed by atoms with E-state index in [2.05, 4.69) is 11.1 Å². The minimum atomic E-state index is 0.0840. The number of benzene rings is 1. The predicted molar refractivity (Wildman–Crippen MR) is 71.5 cm³/mol. The van der Waals surface area contributed by atoms with Gasteiger partial charge in [-0.3, -0.25) is 4.79 Å². The summed E-state index contributed by atoms with van der Waals surface area (Å²) in [4.78, 5) is 16.7. The van der Waals surface area contributed by atoms with Crippen LogP contribution in [0.25, 0.3) is 10.6 Å². The van der Waals surface area contributed by atoms with Crippen LogP contribution in [0, 0.1) is 6.92 Å². The van der Waals surface area contributed by atoms with Gasteiger partial charge in [-0.2, -0.15) is 0 Å². The van der Waals surface area contributed by atoms with Crippen molar-refractivity contribution in [3.63, 3.8) is 0 Å². The Hall–Kier alpha value is -1.68. The Morgan fingerprint density at radius 2 is 2.28 bits per heavy atom. The average Bonchev–Trinajstić information content (AvgIpc) is 2.93. The number of carbonyl (C=O) groups excluding carboxylic acids is 1. The number of aryl methyl sites for hydroxylation is 1. The number of thiazole rings is 1. The second kappa shape index (κ2) is 4.21. The molecule has 4 heteroatoms. The van der Waals surface area contributed by atoms with E-state index in [1.807, 2.05) is 19.1 Å². The highest BCUT2D eigenvalue weighted by atomic mass is 32.1. The first-order valence-corrected chi connectivity index (χ1v) is 6.71. The van der Waals surface area contributed by atoms with Crippen LogP contribution in [0.15, 0.2) is 18.2 Å². The summed E-state index contributed by atoms with van der Waals surface area (Å²) in [6.45, 7) is 4.22. The Balaban J connectivity index is 2.05. The monoisotopic (exact) mass is 259 g/mol. The van der Waals surface area contributed by atoms with Crippen LogP contribution in [0.4, 0.5) is 0 Å². The van der Waals surface area contributed by atoms with Crippen LogP contribution in [0.5, 0.6) is 5.75 Å². The molecule has 0 N–H and O–H groups in total. The minimum absolute atomic E-state index is 0.0840. The Bertz CT molecular complexity index is 631. The quantitative estimate of drug-likeness (QED) is 0.777. The number of hydrogen-bond acceptors (Lipinski definition) is 4. The van der Waals surface area contributed by atoms with E-state index in [1.165, 1.54) is 16.9 Å². The second-order valence-electron chi connectivity index (χ2n) is 4.41. The molecule has 0 atom stereocenters. The third-order valence-corrected chi connectivity index (χ3v) is 4.36. The van der Waals surface area contributed by atoms with E-state index in [0.717, 1.165) is 39.9 Å². The van der Waals surface area contributed by atoms with E-state index in [-0.39, 0.29) is 5.78 Å². The maximum absolute atomic E-state index is 11.4. The smallest absolute Gasteiger partial charge is 0.171 e. The van der Waals surface area contributed by atoms with Crippen molar-refractivity contribution in [1.29, 1.82) is 0 Å². The largest absolute Gasteiger partial charge is 0.493 e. The molecule has 2 aromatic rings. The van der Waals surface area contributed by atoms with Crippen molar-refractivity contribution >= 4 is 17.1 Å². The standard InChI is InChI=1S/C14H13NO2S/c1-8-13(9(2)16)18-14(15-8)11-3-4-12-10(7-11)5-6-17-12/h3-4,7H,5-6H2,1-2H3. The maximum atomic E-state index is 11.4. The van der Waals surface area contributed by atoms with E-state index in [0.29, 0.717) is 0 Å². The molecule has 0 bridgehead atoms. The summed E-state index contributed by atoms with van der Waals surface area (Å²) in [5.41, 5.74) is 3.11. The summed E-state index contributed by atoms with van der Waals surface area (Å²) in [5, 5.41) is 0.910. The van der Waals surface area contributed by atoms with E-state index in [4.69, 9.17) is 4.74 Å². The molecule has 0 saturated carbocycles. The second-order valence-corrected chi connectivity index (χ2v) is 5.41. The van der Waals surface area contributed by atoms with Crippen molar-refractivity contribution in [2.45, 2.75) is 20.3 Å². The topological polar surface area (TPSA) is 39.2 Å². The molecule has 1 aromatic heterocycles. The Morgan fingerprint density at radius 1 is 1.44 bits per heavy atom. The van der Waals surface area contributed by atoms with Gasteiger partial charge in [0.05, 0.1) is 17.2 Å². The van der Waals surface area contributed by atoms with Crippen molar-refractivity contribution in [1.82, 2.24) is 4.98 Å². The van der Waals surface area contributed by atoms with Crippen molar-refractivity contribution in [3.8, 4) is 16.3 Å². The zero-order valence-corrected chi connectivity index (χ0v) is 11.1. The molecule has 18 heavy (non-hydrogen) atoms. The normalized spacial score (nSPS) is 13.2. The number of fused-ring (bicyclic) bond motifs is 1. The molecule has 0 radical (unpaired) electrons. The van der Waals surface area contributed by atoms with E-state index in [9.17, 15) is 4.79 Å². The lowest BCUT2D eigenvalue weighted by atomic mass is 10.1. The van der Waals surface area contributed by atoms with Gasteiger partial charge in [0.1, 0.15) is 10.8 Å². The zero-order valence-electron chi connectivity index (χ0n) is 10.3. The number of ketones is 1. The van der Waals surface area contributed by atoms with E-state index in [1.54, 1.807) is 6.92 Å². The molecule has 1 aromatic carbocycles. The third kappa shape index (κ3) is 1.82. The minimum Gasteiger partial charge on any atom is -0.493 e. The fourth-order valence-electron chi connectivity index (χ4n) is 2.17. The highest BCUT2D eigenvalue weighted by Gasteiger charge is 2.16. The predicted octanol–water partition coefficient (Wildman–Crippen LogP) is 3.26. The molecule has 1 aliphatic heterocycles. The number of ether oxygens (including phenoxy) is 1. The summed E-state index contributed by atoms with van der Waals surface area (Å²) in [7, 11) is 0. The van der Waals surface area contributed by atoms with Crippen LogP contribution in [-0.2, 0) is 6.42 Å². The molecule has 0 saturated heterocycles. The number of nitrogens with zero attached hydrogens (tertiary/aromatic N) is 1. The lowest BCUT2D eigenvalue weighted by molar-refractivity contribution is 0.102. The molecule has 2 heterocycles. The van der Waals surface area contributed by atoms with Gasteiger partial charge in [-0.05, 0) is 30.7 Å². The Morgan fingerprint density at radius 3 is 3.00 bits per heavy atom. The molecule has 0 spiro atoms. The fraction of sp³-hybridized carbons (Fsp3) is 0.286. The van der Waals surface area contributed by atoms with Crippen LogP contribution in [0.3, 0.4) is 0 Å². The van der Waals surface area contributed by atoms with Crippen LogP contribution in [-0.4, -0.2) is 17.4 Å². The van der Waals surface area contributed by atoms with Crippen LogP contribution >= 0.6 is 11.3 Å². The van der Waals surface area contributed by atoms with Crippen LogP contribution in [0.1, 0.15) is 27.9 Å². The first-order chi connectivity index (χ1) is 8.65. The van der Waals surface area contributed by atoms with E-state index >= 15 is 0 Å².